The van der Waals surface area contributed by atoms with Crippen molar-refractivity contribution in [3.05, 3.63) is 23.8 Å². The van der Waals surface area contributed by atoms with Gasteiger partial charge in [-0.15, -0.1) is 0 Å². The molecule has 0 aromatic heterocycles. The van der Waals surface area contributed by atoms with E-state index in [1.165, 1.54) is 18.2 Å². The van der Waals surface area contributed by atoms with Gasteiger partial charge in [0.1, 0.15) is 6.04 Å². The molecule has 18 heavy (non-hydrogen) atoms. The van der Waals surface area contributed by atoms with E-state index in [0.29, 0.717) is 12.8 Å². The van der Waals surface area contributed by atoms with Crippen molar-refractivity contribution in [2.24, 2.45) is 0 Å². The van der Waals surface area contributed by atoms with Crippen molar-refractivity contribution in [3.8, 4) is 11.5 Å². The number of carboxylic acid groups (broad SMARTS) is 1. The zero-order chi connectivity index (χ0) is 13.7. The first-order chi connectivity index (χ1) is 8.47. The summed E-state index contributed by atoms with van der Waals surface area (Å²) in [5, 5.41) is 29.9. The lowest BCUT2D eigenvalue weighted by Crippen LogP contribution is -2.40. The molecule has 4 N–H and O–H groups in total. The number of aromatic hydroxyl groups is 2. The van der Waals surface area contributed by atoms with Gasteiger partial charge in [0.15, 0.2) is 11.5 Å². The molecule has 1 amide bonds. The average molecular weight is 253 g/mol. The highest BCUT2D eigenvalue weighted by atomic mass is 16.4. The molecule has 0 aliphatic rings. The van der Waals surface area contributed by atoms with Gasteiger partial charge < -0.3 is 20.6 Å². The number of phenols is 2. The largest absolute Gasteiger partial charge is 0.504 e. The van der Waals surface area contributed by atoms with E-state index in [4.69, 9.17) is 5.11 Å². The summed E-state index contributed by atoms with van der Waals surface area (Å²) in [4.78, 5) is 22.6. The highest BCUT2D eigenvalue weighted by Crippen LogP contribution is 2.28. The smallest absolute Gasteiger partial charge is 0.326 e. The van der Waals surface area contributed by atoms with Crippen LogP contribution in [-0.4, -0.2) is 33.2 Å². The van der Waals surface area contributed by atoms with Crippen molar-refractivity contribution in [1.29, 1.82) is 0 Å². The van der Waals surface area contributed by atoms with Crippen LogP contribution in [0.3, 0.4) is 0 Å². The summed E-state index contributed by atoms with van der Waals surface area (Å²) in [7, 11) is 0. The van der Waals surface area contributed by atoms with E-state index in [0.717, 1.165) is 0 Å². The van der Waals surface area contributed by atoms with Crippen molar-refractivity contribution in [1.82, 2.24) is 5.32 Å². The van der Waals surface area contributed by atoms with E-state index in [1.54, 1.807) is 6.92 Å². The summed E-state index contributed by atoms with van der Waals surface area (Å²) in [5.74, 6) is -2.85. The lowest BCUT2D eigenvalue weighted by Gasteiger charge is -2.14. The molecule has 1 aromatic rings. The van der Waals surface area contributed by atoms with E-state index in [9.17, 15) is 19.8 Å². The number of nitrogens with one attached hydrogen (secondary N) is 1. The van der Waals surface area contributed by atoms with Crippen LogP contribution in [0.1, 0.15) is 30.1 Å². The van der Waals surface area contributed by atoms with E-state index in [2.05, 4.69) is 5.32 Å². The molecule has 1 aromatic carbocycles. The molecule has 0 aliphatic carbocycles. The quantitative estimate of drug-likeness (QED) is 0.587. The number of phenolic OH excluding ortho intramolecular Hbond substituents is 2. The number of carbonyl (C=O) groups is 2. The molecular weight excluding hydrogens is 238 g/mol. The Morgan fingerprint density at radius 2 is 2.00 bits per heavy atom. The predicted octanol–water partition coefficient (Wildman–Crippen LogP) is 1.08. The number of hydrogen-bond donors (Lipinski definition) is 4. The normalized spacial score (nSPS) is 11.8. The SMILES string of the molecule is CCC[C@H](NC(=O)c1cccc(O)c1O)C(=O)O. The lowest BCUT2D eigenvalue weighted by molar-refractivity contribution is -0.139. The number of benzene rings is 1. The number of amides is 1. The van der Waals surface area contributed by atoms with Crippen molar-refractivity contribution < 1.29 is 24.9 Å². The van der Waals surface area contributed by atoms with Crippen molar-refractivity contribution >= 4 is 11.9 Å². The molecule has 1 rings (SSSR count). The van der Waals surface area contributed by atoms with E-state index in [1.807, 2.05) is 0 Å². The molecule has 0 saturated heterocycles. The number of carbonyl (C=O) groups excluding carboxylic acids is 1. The molecule has 98 valence electrons. The first-order valence-electron chi connectivity index (χ1n) is 5.52. The number of aliphatic carboxylic acids is 1. The van der Waals surface area contributed by atoms with Gasteiger partial charge in [0.25, 0.3) is 5.91 Å². The minimum Gasteiger partial charge on any atom is -0.504 e. The van der Waals surface area contributed by atoms with E-state index >= 15 is 0 Å². The lowest BCUT2D eigenvalue weighted by atomic mass is 10.1. The van der Waals surface area contributed by atoms with Crippen LogP contribution in [0.5, 0.6) is 11.5 Å². The van der Waals surface area contributed by atoms with E-state index in [-0.39, 0.29) is 5.56 Å². The fourth-order valence-corrected chi connectivity index (χ4v) is 1.50. The predicted molar refractivity (Wildman–Crippen MR) is 63.6 cm³/mol. The molecule has 0 fully saturated rings. The Balaban J connectivity index is 2.87. The Bertz CT molecular complexity index is 458. The highest BCUT2D eigenvalue weighted by molar-refractivity contribution is 5.99. The van der Waals surface area contributed by atoms with Gasteiger partial charge in [0.2, 0.25) is 0 Å². The monoisotopic (exact) mass is 253 g/mol. The van der Waals surface area contributed by atoms with Crippen LogP contribution in [0.2, 0.25) is 0 Å². The van der Waals surface area contributed by atoms with Crippen LogP contribution >= 0.6 is 0 Å². The Morgan fingerprint density at radius 1 is 1.33 bits per heavy atom. The first kappa shape index (κ1) is 13.8. The summed E-state index contributed by atoms with van der Waals surface area (Å²) in [5.41, 5.74) is -0.155. The second-order valence-corrected chi connectivity index (χ2v) is 3.83. The van der Waals surface area contributed by atoms with Gasteiger partial charge in [-0.3, -0.25) is 4.79 Å². The second-order valence-electron chi connectivity index (χ2n) is 3.83. The second kappa shape index (κ2) is 5.90. The first-order valence-corrected chi connectivity index (χ1v) is 5.52. The van der Waals surface area contributed by atoms with Gasteiger partial charge in [-0.25, -0.2) is 4.79 Å². The van der Waals surface area contributed by atoms with Crippen LogP contribution in [0.25, 0.3) is 0 Å². The van der Waals surface area contributed by atoms with Gasteiger partial charge in [-0.2, -0.15) is 0 Å². The number of rotatable bonds is 5. The molecular formula is C12H15NO5. The van der Waals surface area contributed by atoms with Crippen LogP contribution in [0.15, 0.2) is 18.2 Å². The fraction of sp³-hybridized carbons (Fsp3) is 0.333. The van der Waals surface area contributed by atoms with Crippen LogP contribution in [-0.2, 0) is 4.79 Å². The van der Waals surface area contributed by atoms with E-state index < -0.39 is 29.4 Å². The third-order valence-electron chi connectivity index (χ3n) is 2.44. The molecule has 0 radical (unpaired) electrons. The van der Waals surface area contributed by atoms with Gasteiger partial charge >= 0.3 is 5.97 Å². The Labute approximate surface area is 104 Å². The third-order valence-corrected chi connectivity index (χ3v) is 2.44. The maximum atomic E-state index is 11.8. The fourth-order valence-electron chi connectivity index (χ4n) is 1.50. The molecule has 0 bridgehead atoms. The number of carboxylic acids is 1. The Hall–Kier alpha value is -2.24. The third kappa shape index (κ3) is 3.13. The number of hydrogen-bond acceptors (Lipinski definition) is 4. The van der Waals surface area contributed by atoms with Gasteiger partial charge in [0, 0.05) is 0 Å². The van der Waals surface area contributed by atoms with Gasteiger partial charge in [-0.05, 0) is 18.6 Å². The maximum absolute atomic E-state index is 11.8. The molecule has 0 heterocycles. The molecule has 6 nitrogen and oxygen atoms in total. The molecule has 1 atom stereocenters. The summed E-state index contributed by atoms with van der Waals surface area (Å²) in [6.07, 6.45) is 0.893. The van der Waals surface area contributed by atoms with Gasteiger partial charge in [0.05, 0.1) is 5.56 Å². The minimum atomic E-state index is -1.13. The molecule has 6 heteroatoms. The molecule has 0 saturated carbocycles. The minimum absolute atomic E-state index is 0.155. The van der Waals surface area contributed by atoms with Crippen molar-refractivity contribution in [3.63, 3.8) is 0 Å². The highest BCUT2D eigenvalue weighted by Gasteiger charge is 2.21. The summed E-state index contributed by atoms with van der Waals surface area (Å²) in [6.45, 7) is 1.80. The summed E-state index contributed by atoms with van der Waals surface area (Å²) in [6, 6.07) is 2.91. The average Bonchev–Trinajstić information content (AvgIpc) is 2.31. The van der Waals surface area contributed by atoms with Crippen molar-refractivity contribution in [2.75, 3.05) is 0 Å². The van der Waals surface area contributed by atoms with Crippen LogP contribution in [0, 0.1) is 0 Å². The maximum Gasteiger partial charge on any atom is 0.326 e. The topological polar surface area (TPSA) is 107 Å². The molecule has 0 spiro atoms. The molecule has 0 unspecified atom stereocenters. The Kier molecular flexibility index (Phi) is 4.53. The Morgan fingerprint density at radius 3 is 2.56 bits per heavy atom. The zero-order valence-electron chi connectivity index (χ0n) is 9.88. The zero-order valence-corrected chi connectivity index (χ0v) is 9.88. The van der Waals surface area contributed by atoms with Gasteiger partial charge in [-0.1, -0.05) is 19.4 Å². The summed E-state index contributed by atoms with van der Waals surface area (Å²) < 4.78 is 0. The number of para-hydroxylation sites is 1. The van der Waals surface area contributed by atoms with Crippen LogP contribution < -0.4 is 5.32 Å². The summed E-state index contributed by atoms with van der Waals surface area (Å²) >= 11 is 0. The molecule has 0 aliphatic heterocycles. The van der Waals surface area contributed by atoms with Crippen molar-refractivity contribution in [2.45, 2.75) is 25.8 Å². The standard InChI is InChI=1S/C12H15NO5/c1-2-4-8(12(17)18)13-11(16)7-5-3-6-9(14)10(7)15/h3,5-6,8,14-15H,2,4H2,1H3,(H,13,16)(H,17,18)/t8-/m0/s1. The van der Waals surface area contributed by atoms with Crippen LogP contribution in [0.4, 0.5) is 0 Å².